The van der Waals surface area contributed by atoms with Crippen molar-refractivity contribution in [1.29, 1.82) is 0 Å². The first-order valence-corrected chi connectivity index (χ1v) is 9.92. The summed E-state index contributed by atoms with van der Waals surface area (Å²) in [5, 5.41) is 5.28. The number of hydrogen-bond acceptors (Lipinski definition) is 4. The van der Waals surface area contributed by atoms with Crippen molar-refractivity contribution in [2.45, 2.75) is 25.3 Å². The van der Waals surface area contributed by atoms with Crippen LogP contribution in [0.15, 0.2) is 47.6 Å². The van der Waals surface area contributed by atoms with Crippen molar-refractivity contribution in [3.05, 3.63) is 69.5 Å². The maximum atomic E-state index is 12.6. The number of halogens is 2. The van der Waals surface area contributed by atoms with Gasteiger partial charge in [-0.1, -0.05) is 41.4 Å². The second-order valence-electron chi connectivity index (χ2n) is 5.83. The number of aryl methyl sites for hydroxylation is 2. The first kappa shape index (κ1) is 18.7. The van der Waals surface area contributed by atoms with Gasteiger partial charge in [-0.3, -0.25) is 0 Å². The Bertz CT molecular complexity index is 1060. The van der Waals surface area contributed by atoms with Crippen LogP contribution in [-0.2, 0) is 16.6 Å². The SMILES string of the molecule is Cc1cc(S(=O)(=O)Nc2ncn(Cc3ccccc3Cl)n2)c(C)cc1Cl. The van der Waals surface area contributed by atoms with Crippen molar-refractivity contribution < 1.29 is 8.42 Å². The molecule has 0 unspecified atom stereocenters. The average molecular weight is 411 g/mol. The van der Waals surface area contributed by atoms with Crippen molar-refractivity contribution in [3.63, 3.8) is 0 Å². The molecule has 0 saturated carbocycles. The molecule has 9 heteroatoms. The van der Waals surface area contributed by atoms with Gasteiger partial charge in [-0.15, -0.1) is 5.10 Å². The lowest BCUT2D eigenvalue weighted by molar-refractivity contribution is 0.600. The zero-order chi connectivity index (χ0) is 18.9. The van der Waals surface area contributed by atoms with Gasteiger partial charge in [0.25, 0.3) is 16.0 Å². The monoisotopic (exact) mass is 410 g/mol. The zero-order valence-electron chi connectivity index (χ0n) is 14.1. The summed E-state index contributed by atoms with van der Waals surface area (Å²) in [6, 6.07) is 10.5. The number of rotatable bonds is 5. The Balaban J connectivity index is 1.82. The largest absolute Gasteiger partial charge is 0.264 e. The summed E-state index contributed by atoms with van der Waals surface area (Å²) >= 11 is 12.2. The van der Waals surface area contributed by atoms with E-state index in [9.17, 15) is 8.42 Å². The van der Waals surface area contributed by atoms with E-state index in [0.717, 1.165) is 5.56 Å². The lowest BCUT2D eigenvalue weighted by Gasteiger charge is -2.10. The number of anilines is 1. The van der Waals surface area contributed by atoms with Gasteiger partial charge in [0.05, 0.1) is 11.4 Å². The predicted molar refractivity (Wildman–Crippen MR) is 102 cm³/mol. The van der Waals surface area contributed by atoms with Crippen LogP contribution in [0.25, 0.3) is 0 Å². The number of hydrogen-bond donors (Lipinski definition) is 1. The highest BCUT2D eigenvalue weighted by Gasteiger charge is 2.20. The topological polar surface area (TPSA) is 76.9 Å². The standard InChI is InChI=1S/C17H16Cl2N4O2S/c1-11-8-16(12(2)7-15(11)19)26(24,25)22-17-20-10-23(21-17)9-13-5-3-4-6-14(13)18/h3-8,10H,9H2,1-2H3,(H,21,22). The second-order valence-corrected chi connectivity index (χ2v) is 8.29. The number of nitrogens with one attached hydrogen (secondary N) is 1. The third-order valence-electron chi connectivity index (χ3n) is 3.80. The van der Waals surface area contributed by atoms with Gasteiger partial charge < -0.3 is 0 Å². The molecule has 0 radical (unpaired) electrons. The molecule has 6 nitrogen and oxygen atoms in total. The molecular formula is C17H16Cl2N4O2S. The smallest absolute Gasteiger partial charge is 0.246 e. The fraction of sp³-hybridized carbons (Fsp3) is 0.176. The van der Waals surface area contributed by atoms with E-state index in [1.165, 1.54) is 17.1 Å². The Kier molecular flexibility index (Phi) is 5.22. The van der Waals surface area contributed by atoms with E-state index in [0.29, 0.717) is 27.7 Å². The summed E-state index contributed by atoms with van der Waals surface area (Å²) in [6.45, 7) is 3.81. The molecule has 1 aromatic heterocycles. The van der Waals surface area contributed by atoms with E-state index >= 15 is 0 Å². The van der Waals surface area contributed by atoms with Crippen LogP contribution in [0.3, 0.4) is 0 Å². The molecule has 26 heavy (non-hydrogen) atoms. The summed E-state index contributed by atoms with van der Waals surface area (Å²) in [5.74, 6) is -0.0101. The summed E-state index contributed by atoms with van der Waals surface area (Å²) < 4.78 is 29.2. The molecule has 0 aliphatic rings. The first-order chi connectivity index (χ1) is 12.3. The normalized spacial score (nSPS) is 11.5. The van der Waals surface area contributed by atoms with Crippen molar-refractivity contribution in [3.8, 4) is 0 Å². The van der Waals surface area contributed by atoms with Gasteiger partial charge in [-0.05, 0) is 48.7 Å². The van der Waals surface area contributed by atoms with Crippen LogP contribution in [0.2, 0.25) is 10.0 Å². The Morgan fingerprint density at radius 2 is 1.81 bits per heavy atom. The number of benzene rings is 2. The Morgan fingerprint density at radius 3 is 2.54 bits per heavy atom. The predicted octanol–water partition coefficient (Wildman–Crippen LogP) is 4.05. The van der Waals surface area contributed by atoms with Crippen LogP contribution in [-0.4, -0.2) is 23.2 Å². The lowest BCUT2D eigenvalue weighted by Crippen LogP contribution is -2.16. The van der Waals surface area contributed by atoms with Gasteiger partial charge in [0.2, 0.25) is 0 Å². The molecule has 2 aromatic carbocycles. The molecule has 0 bridgehead atoms. The van der Waals surface area contributed by atoms with Gasteiger partial charge in [0.15, 0.2) is 0 Å². The van der Waals surface area contributed by atoms with Gasteiger partial charge >= 0.3 is 0 Å². The summed E-state index contributed by atoms with van der Waals surface area (Å²) in [4.78, 5) is 4.16. The summed E-state index contributed by atoms with van der Waals surface area (Å²) in [6.07, 6.45) is 1.45. The third kappa shape index (κ3) is 4.00. The molecule has 0 aliphatic carbocycles. The Labute approximate surface area is 161 Å². The van der Waals surface area contributed by atoms with E-state index in [4.69, 9.17) is 23.2 Å². The van der Waals surface area contributed by atoms with Gasteiger partial charge in [0.1, 0.15) is 6.33 Å². The molecule has 0 atom stereocenters. The Morgan fingerprint density at radius 1 is 1.08 bits per heavy atom. The molecule has 3 aromatic rings. The van der Waals surface area contributed by atoms with Crippen molar-refractivity contribution in [2.24, 2.45) is 0 Å². The molecule has 1 N–H and O–H groups in total. The van der Waals surface area contributed by atoms with E-state index in [1.54, 1.807) is 26.0 Å². The van der Waals surface area contributed by atoms with Crippen LogP contribution in [0, 0.1) is 13.8 Å². The number of nitrogens with zero attached hydrogens (tertiary/aromatic N) is 3. The van der Waals surface area contributed by atoms with Crippen LogP contribution >= 0.6 is 23.2 Å². The highest BCUT2D eigenvalue weighted by atomic mass is 35.5. The van der Waals surface area contributed by atoms with E-state index < -0.39 is 10.0 Å². The van der Waals surface area contributed by atoms with E-state index in [2.05, 4.69) is 14.8 Å². The minimum absolute atomic E-state index is 0.0101. The van der Waals surface area contributed by atoms with Crippen LogP contribution in [0.5, 0.6) is 0 Å². The zero-order valence-corrected chi connectivity index (χ0v) is 16.4. The molecule has 0 aliphatic heterocycles. The molecule has 0 amide bonds. The number of aromatic nitrogens is 3. The minimum Gasteiger partial charge on any atom is -0.246 e. The molecule has 3 rings (SSSR count). The van der Waals surface area contributed by atoms with E-state index in [1.807, 2.05) is 18.2 Å². The fourth-order valence-corrected chi connectivity index (χ4v) is 4.11. The van der Waals surface area contributed by atoms with Crippen LogP contribution in [0.4, 0.5) is 5.95 Å². The number of sulfonamides is 1. The van der Waals surface area contributed by atoms with Crippen molar-refractivity contribution >= 4 is 39.2 Å². The lowest BCUT2D eigenvalue weighted by atomic mass is 10.2. The Hall–Kier alpha value is -2.09. The van der Waals surface area contributed by atoms with Crippen molar-refractivity contribution in [2.75, 3.05) is 4.72 Å². The highest BCUT2D eigenvalue weighted by molar-refractivity contribution is 7.92. The first-order valence-electron chi connectivity index (χ1n) is 7.68. The average Bonchev–Trinajstić information content (AvgIpc) is 2.99. The molecule has 0 fully saturated rings. The molecular weight excluding hydrogens is 395 g/mol. The molecule has 1 heterocycles. The van der Waals surface area contributed by atoms with E-state index in [-0.39, 0.29) is 10.8 Å². The van der Waals surface area contributed by atoms with Crippen LogP contribution < -0.4 is 4.72 Å². The summed E-state index contributed by atoms with van der Waals surface area (Å²) in [7, 11) is -3.82. The van der Waals surface area contributed by atoms with Gasteiger partial charge in [-0.25, -0.2) is 17.8 Å². The fourth-order valence-electron chi connectivity index (χ4n) is 2.44. The maximum absolute atomic E-state index is 12.6. The van der Waals surface area contributed by atoms with Crippen LogP contribution in [0.1, 0.15) is 16.7 Å². The molecule has 0 spiro atoms. The maximum Gasteiger partial charge on any atom is 0.264 e. The molecule has 136 valence electrons. The minimum atomic E-state index is -3.82. The third-order valence-corrected chi connectivity index (χ3v) is 6.04. The van der Waals surface area contributed by atoms with Gasteiger partial charge in [-0.2, -0.15) is 4.98 Å². The van der Waals surface area contributed by atoms with Gasteiger partial charge in [0, 0.05) is 10.0 Å². The quantitative estimate of drug-likeness (QED) is 0.687. The summed E-state index contributed by atoms with van der Waals surface area (Å²) in [5.41, 5.74) is 2.08. The highest BCUT2D eigenvalue weighted by Crippen LogP contribution is 2.25. The van der Waals surface area contributed by atoms with Crippen molar-refractivity contribution in [1.82, 2.24) is 14.8 Å². The second kappa shape index (κ2) is 7.26. The molecule has 0 saturated heterocycles.